The van der Waals surface area contributed by atoms with E-state index in [0.29, 0.717) is 0 Å². The predicted molar refractivity (Wildman–Crippen MR) is 43.1 cm³/mol. The van der Waals surface area contributed by atoms with Crippen molar-refractivity contribution in [1.82, 2.24) is 0 Å². The van der Waals surface area contributed by atoms with E-state index in [9.17, 15) is 0 Å². The van der Waals surface area contributed by atoms with Crippen LogP contribution in [0, 0.1) is 0 Å². The highest BCUT2D eigenvalue weighted by Gasteiger charge is 2.02. The van der Waals surface area contributed by atoms with Crippen molar-refractivity contribution >= 4 is 0 Å². The second-order valence-electron chi connectivity index (χ2n) is 2.96. The number of allylic oxidation sites excluding steroid dienone is 2. The molecule has 4 N–H and O–H groups in total. The summed E-state index contributed by atoms with van der Waals surface area (Å²) in [5.41, 5.74) is 13.3. The van der Waals surface area contributed by atoms with E-state index in [0.717, 1.165) is 24.2 Å². The lowest BCUT2D eigenvalue weighted by Gasteiger charge is -2.10. The molecular weight excluding hydrogens is 124 g/mol. The van der Waals surface area contributed by atoms with Crippen LogP contribution in [0.4, 0.5) is 0 Å². The van der Waals surface area contributed by atoms with Gasteiger partial charge in [-0.15, -0.1) is 0 Å². The molecular formula is C8H16N2. The quantitative estimate of drug-likeness (QED) is 0.535. The summed E-state index contributed by atoms with van der Waals surface area (Å²) in [6, 6.07) is 0. The summed E-state index contributed by atoms with van der Waals surface area (Å²) < 4.78 is 0. The van der Waals surface area contributed by atoms with Crippen LogP contribution in [0.15, 0.2) is 11.4 Å². The van der Waals surface area contributed by atoms with Crippen LogP contribution in [0.5, 0.6) is 0 Å². The summed E-state index contributed by atoms with van der Waals surface area (Å²) in [4.78, 5) is 0. The molecule has 2 heteroatoms. The Hall–Kier alpha value is -0.660. The van der Waals surface area contributed by atoms with Crippen LogP contribution in [-0.2, 0) is 0 Å². The summed E-state index contributed by atoms with van der Waals surface area (Å²) in [5, 5.41) is 0. The summed E-state index contributed by atoms with van der Waals surface area (Å²) in [7, 11) is 0. The molecule has 1 aliphatic carbocycles. The third kappa shape index (κ3) is 1.94. The van der Waals surface area contributed by atoms with Crippen LogP contribution in [0.2, 0.25) is 0 Å². The molecule has 1 aliphatic rings. The van der Waals surface area contributed by atoms with Gasteiger partial charge >= 0.3 is 0 Å². The summed E-state index contributed by atoms with van der Waals surface area (Å²) in [5.74, 6) is 0. The van der Waals surface area contributed by atoms with E-state index in [1.165, 1.54) is 25.7 Å². The van der Waals surface area contributed by atoms with Gasteiger partial charge in [-0.25, -0.2) is 0 Å². The third-order valence-corrected chi connectivity index (χ3v) is 2.05. The SMILES string of the molecule is N/C1=C(\N)CCCCCC1. The van der Waals surface area contributed by atoms with Crippen molar-refractivity contribution in [3.05, 3.63) is 11.4 Å². The minimum atomic E-state index is 0.930. The molecule has 1 rings (SSSR count). The first kappa shape index (κ1) is 7.45. The highest BCUT2D eigenvalue weighted by atomic mass is 14.7. The molecule has 0 saturated heterocycles. The first-order valence-corrected chi connectivity index (χ1v) is 4.03. The lowest BCUT2D eigenvalue weighted by atomic mass is 10.0. The van der Waals surface area contributed by atoms with Crippen LogP contribution >= 0.6 is 0 Å². The standard InChI is InChI=1S/C8H16N2/c9-7-5-3-1-2-4-6-8(7)10/h1-6,9-10H2/b8-7-. The maximum absolute atomic E-state index is 5.70. The molecule has 10 heavy (non-hydrogen) atoms. The van der Waals surface area contributed by atoms with Crippen LogP contribution in [-0.4, -0.2) is 0 Å². The summed E-state index contributed by atoms with van der Waals surface area (Å²) in [6.45, 7) is 0. The molecule has 2 nitrogen and oxygen atoms in total. The van der Waals surface area contributed by atoms with E-state index in [4.69, 9.17) is 11.5 Å². The maximum atomic E-state index is 5.70. The van der Waals surface area contributed by atoms with Gasteiger partial charge in [-0.3, -0.25) is 0 Å². The zero-order valence-corrected chi connectivity index (χ0v) is 6.40. The molecule has 0 aromatic heterocycles. The first-order valence-electron chi connectivity index (χ1n) is 4.03. The molecule has 0 aromatic carbocycles. The molecule has 0 aliphatic heterocycles. The second kappa shape index (κ2) is 3.49. The Morgan fingerprint density at radius 3 is 1.50 bits per heavy atom. The van der Waals surface area contributed by atoms with Gasteiger partial charge in [-0.1, -0.05) is 12.8 Å². The van der Waals surface area contributed by atoms with Gasteiger partial charge in [0.2, 0.25) is 0 Å². The lowest BCUT2D eigenvalue weighted by Crippen LogP contribution is -2.11. The van der Waals surface area contributed by atoms with Gasteiger partial charge in [0.05, 0.1) is 0 Å². The van der Waals surface area contributed by atoms with Crippen molar-refractivity contribution < 1.29 is 0 Å². The van der Waals surface area contributed by atoms with E-state index in [-0.39, 0.29) is 0 Å². The molecule has 0 saturated carbocycles. The lowest BCUT2D eigenvalue weighted by molar-refractivity contribution is 0.605. The van der Waals surface area contributed by atoms with E-state index in [1.54, 1.807) is 0 Å². The van der Waals surface area contributed by atoms with Crippen molar-refractivity contribution in [2.75, 3.05) is 0 Å². The van der Waals surface area contributed by atoms with Gasteiger partial charge in [0.25, 0.3) is 0 Å². The Morgan fingerprint density at radius 1 is 0.700 bits per heavy atom. The number of hydrogen-bond acceptors (Lipinski definition) is 2. The molecule has 0 unspecified atom stereocenters. The van der Waals surface area contributed by atoms with Crippen molar-refractivity contribution in [2.45, 2.75) is 38.5 Å². The minimum absolute atomic E-state index is 0.930. The number of hydrogen-bond donors (Lipinski definition) is 2. The normalized spacial score (nSPS) is 29.2. The Kier molecular flexibility index (Phi) is 2.60. The van der Waals surface area contributed by atoms with Crippen LogP contribution < -0.4 is 11.5 Å². The van der Waals surface area contributed by atoms with E-state index in [1.807, 2.05) is 0 Å². The van der Waals surface area contributed by atoms with Crippen molar-refractivity contribution in [2.24, 2.45) is 11.5 Å². The number of nitrogens with two attached hydrogens (primary N) is 2. The molecule has 0 amide bonds. The minimum Gasteiger partial charge on any atom is -0.401 e. The Bertz CT molecular complexity index is 122. The second-order valence-corrected chi connectivity index (χ2v) is 2.96. The fourth-order valence-corrected chi connectivity index (χ4v) is 1.31. The highest BCUT2D eigenvalue weighted by Crippen LogP contribution is 2.16. The van der Waals surface area contributed by atoms with Gasteiger partial charge in [0.1, 0.15) is 0 Å². The first-order chi connectivity index (χ1) is 4.80. The average Bonchev–Trinajstić information content (AvgIpc) is 1.92. The molecule has 0 spiro atoms. The summed E-state index contributed by atoms with van der Waals surface area (Å²) >= 11 is 0. The molecule has 0 aromatic rings. The van der Waals surface area contributed by atoms with Crippen LogP contribution in [0.1, 0.15) is 38.5 Å². The topological polar surface area (TPSA) is 52.0 Å². The molecule has 0 fully saturated rings. The van der Waals surface area contributed by atoms with Gasteiger partial charge in [0.15, 0.2) is 0 Å². The van der Waals surface area contributed by atoms with Crippen LogP contribution in [0.25, 0.3) is 0 Å². The zero-order chi connectivity index (χ0) is 7.40. The third-order valence-electron chi connectivity index (χ3n) is 2.05. The average molecular weight is 140 g/mol. The fraction of sp³-hybridized carbons (Fsp3) is 0.750. The van der Waals surface area contributed by atoms with E-state index < -0.39 is 0 Å². The van der Waals surface area contributed by atoms with Crippen LogP contribution in [0.3, 0.4) is 0 Å². The highest BCUT2D eigenvalue weighted by molar-refractivity contribution is 5.07. The Balaban J connectivity index is 2.51. The van der Waals surface area contributed by atoms with Gasteiger partial charge < -0.3 is 11.5 Å². The van der Waals surface area contributed by atoms with Crippen molar-refractivity contribution in [1.29, 1.82) is 0 Å². The molecule has 0 atom stereocenters. The molecule has 0 bridgehead atoms. The molecule has 58 valence electrons. The van der Waals surface area contributed by atoms with Gasteiger partial charge in [0, 0.05) is 11.4 Å². The summed E-state index contributed by atoms with van der Waals surface area (Å²) in [6.07, 6.45) is 7.07. The van der Waals surface area contributed by atoms with Gasteiger partial charge in [-0.05, 0) is 25.7 Å². The van der Waals surface area contributed by atoms with E-state index in [2.05, 4.69) is 0 Å². The Labute approximate surface area is 62.3 Å². The Morgan fingerprint density at radius 2 is 1.10 bits per heavy atom. The van der Waals surface area contributed by atoms with Crippen molar-refractivity contribution in [3.63, 3.8) is 0 Å². The number of rotatable bonds is 0. The predicted octanol–water partition coefficient (Wildman–Crippen LogP) is 1.47. The molecule has 0 heterocycles. The van der Waals surface area contributed by atoms with Gasteiger partial charge in [-0.2, -0.15) is 0 Å². The monoisotopic (exact) mass is 140 g/mol. The largest absolute Gasteiger partial charge is 0.401 e. The molecule has 0 radical (unpaired) electrons. The smallest absolute Gasteiger partial charge is 0.0271 e. The fourth-order valence-electron chi connectivity index (χ4n) is 1.31. The maximum Gasteiger partial charge on any atom is 0.0271 e. The van der Waals surface area contributed by atoms with Crippen molar-refractivity contribution in [3.8, 4) is 0 Å². The zero-order valence-electron chi connectivity index (χ0n) is 6.40. The van der Waals surface area contributed by atoms with E-state index >= 15 is 0 Å².